The van der Waals surface area contributed by atoms with E-state index in [9.17, 15) is 14.7 Å². The van der Waals surface area contributed by atoms with Crippen LogP contribution in [0.3, 0.4) is 0 Å². The van der Waals surface area contributed by atoms with Crippen LogP contribution in [0.4, 0.5) is 0 Å². The van der Waals surface area contributed by atoms with E-state index in [2.05, 4.69) is 30.9 Å². The van der Waals surface area contributed by atoms with Gasteiger partial charge in [0.05, 0.1) is 17.9 Å². The number of nitrogens with zero attached hydrogens (tertiary/aromatic N) is 3. The number of carbonyl (C=O) groups is 1. The first kappa shape index (κ1) is 19.6. The lowest BCUT2D eigenvalue weighted by Gasteiger charge is -2.09. The van der Waals surface area contributed by atoms with Gasteiger partial charge in [0.15, 0.2) is 17.2 Å². The highest BCUT2D eigenvalue weighted by molar-refractivity contribution is 9.10. The number of hydrogen-bond acceptors (Lipinski definition) is 6. The van der Waals surface area contributed by atoms with E-state index in [1.54, 1.807) is 36.4 Å². The molecule has 4 rings (SSSR count). The predicted octanol–water partition coefficient (Wildman–Crippen LogP) is 2.74. The van der Waals surface area contributed by atoms with Crippen LogP contribution in [0, 0.1) is 0 Å². The molecule has 0 fully saturated rings. The number of aromatic nitrogens is 4. The molecule has 0 aliphatic rings. The number of aromatic amines is 1. The van der Waals surface area contributed by atoms with E-state index in [1.807, 2.05) is 6.92 Å². The lowest BCUT2D eigenvalue weighted by atomic mass is 10.2. The van der Waals surface area contributed by atoms with Crippen molar-refractivity contribution in [3.8, 4) is 28.6 Å². The highest BCUT2D eigenvalue weighted by Gasteiger charge is 2.21. The molecule has 10 heteroatoms. The van der Waals surface area contributed by atoms with Gasteiger partial charge in [0.25, 0.3) is 5.91 Å². The van der Waals surface area contributed by atoms with E-state index in [1.165, 1.54) is 10.6 Å². The van der Waals surface area contributed by atoms with Crippen LogP contribution in [0.15, 0.2) is 51.7 Å². The molecule has 30 heavy (non-hydrogen) atoms. The molecule has 0 radical (unpaired) electrons. The molecule has 4 N–H and O–H groups in total. The minimum absolute atomic E-state index is 0.0498. The van der Waals surface area contributed by atoms with Crippen molar-refractivity contribution < 1.29 is 14.6 Å². The van der Waals surface area contributed by atoms with Crippen LogP contribution in [-0.2, 0) is 0 Å². The van der Waals surface area contributed by atoms with Crippen LogP contribution in [0.1, 0.15) is 17.4 Å². The topological polar surface area (TPSA) is 136 Å². The van der Waals surface area contributed by atoms with Gasteiger partial charge in [0, 0.05) is 4.47 Å². The zero-order chi connectivity index (χ0) is 21.4. The smallest absolute Gasteiger partial charge is 0.332 e. The summed E-state index contributed by atoms with van der Waals surface area (Å²) in [7, 11) is 0. The van der Waals surface area contributed by atoms with Crippen molar-refractivity contribution in [2.24, 2.45) is 5.73 Å². The number of aromatic hydroxyl groups is 1. The zero-order valence-corrected chi connectivity index (χ0v) is 17.3. The molecule has 9 nitrogen and oxygen atoms in total. The summed E-state index contributed by atoms with van der Waals surface area (Å²) in [5.41, 5.74) is 5.88. The number of primary amides is 1. The molecule has 2 aromatic heterocycles. The lowest BCUT2D eigenvalue weighted by Crippen LogP contribution is -2.15. The van der Waals surface area contributed by atoms with Gasteiger partial charge in [-0.2, -0.15) is 0 Å². The summed E-state index contributed by atoms with van der Waals surface area (Å²) in [6, 6.07) is 11.6. The van der Waals surface area contributed by atoms with Crippen LogP contribution in [0.5, 0.6) is 11.5 Å². The van der Waals surface area contributed by atoms with Crippen molar-refractivity contribution in [2.45, 2.75) is 6.92 Å². The largest absolute Gasteiger partial charge is 0.507 e. The molecule has 4 aromatic rings. The number of nitrogens with two attached hydrogens (primary N) is 1. The van der Waals surface area contributed by atoms with E-state index in [0.717, 1.165) is 0 Å². The number of nitrogens with one attached hydrogen (secondary N) is 1. The summed E-state index contributed by atoms with van der Waals surface area (Å²) < 4.78 is 7.42. The molecule has 2 aromatic carbocycles. The van der Waals surface area contributed by atoms with Crippen molar-refractivity contribution in [3.63, 3.8) is 0 Å². The fourth-order valence-electron chi connectivity index (χ4n) is 3.07. The number of fused-ring (bicyclic) bond motifs is 1. The summed E-state index contributed by atoms with van der Waals surface area (Å²) in [5.74, 6) is -0.216. The molecule has 0 aliphatic carbocycles. The van der Waals surface area contributed by atoms with Crippen LogP contribution in [0.2, 0.25) is 0 Å². The normalized spacial score (nSPS) is 11.0. The number of carbonyl (C=O) groups excluding carboxylic acids is 1. The quantitative estimate of drug-likeness (QED) is 0.411. The number of H-pyrrole nitrogens is 1. The van der Waals surface area contributed by atoms with Crippen LogP contribution in [-0.4, -0.2) is 37.1 Å². The summed E-state index contributed by atoms with van der Waals surface area (Å²) >= 11 is 3.33. The predicted molar refractivity (Wildman–Crippen MR) is 114 cm³/mol. The number of ether oxygens (including phenoxy) is 1. The molecular formula is C20H16BrN5O4. The Morgan fingerprint density at radius 1 is 1.23 bits per heavy atom. The number of phenolic OH excluding ortho intramolecular Hbond substituents is 1. The second-order valence-electron chi connectivity index (χ2n) is 6.31. The molecular weight excluding hydrogens is 454 g/mol. The fourth-order valence-corrected chi connectivity index (χ4v) is 3.43. The van der Waals surface area contributed by atoms with Crippen molar-refractivity contribution in [1.82, 2.24) is 19.5 Å². The summed E-state index contributed by atoms with van der Waals surface area (Å²) in [5, 5.41) is 10.3. The zero-order valence-electron chi connectivity index (χ0n) is 15.7. The van der Waals surface area contributed by atoms with Crippen LogP contribution in [0.25, 0.3) is 28.2 Å². The maximum absolute atomic E-state index is 12.7. The maximum atomic E-state index is 12.7. The van der Waals surface area contributed by atoms with Gasteiger partial charge < -0.3 is 20.6 Å². The SMILES string of the molecule is CCOc1ccc(-n2c(=O)[nH]c3c(C(N)=O)nc(-c4cc(Br)ccc4O)nc32)cc1. The number of halogens is 1. The Bertz CT molecular complexity index is 1330. The number of hydrogen-bond donors (Lipinski definition) is 3. The third-order valence-electron chi connectivity index (χ3n) is 4.38. The number of rotatable bonds is 5. The van der Waals surface area contributed by atoms with Gasteiger partial charge >= 0.3 is 5.69 Å². The number of phenols is 1. The third kappa shape index (κ3) is 3.41. The van der Waals surface area contributed by atoms with E-state index < -0.39 is 11.6 Å². The van der Waals surface area contributed by atoms with Gasteiger partial charge in [-0.15, -0.1) is 0 Å². The molecule has 0 unspecified atom stereocenters. The first-order valence-electron chi connectivity index (χ1n) is 8.93. The Morgan fingerprint density at radius 3 is 2.63 bits per heavy atom. The van der Waals surface area contributed by atoms with Crippen molar-refractivity contribution >= 4 is 33.0 Å². The highest BCUT2D eigenvalue weighted by atomic mass is 79.9. The highest BCUT2D eigenvalue weighted by Crippen LogP contribution is 2.31. The van der Waals surface area contributed by atoms with Crippen molar-refractivity contribution in [1.29, 1.82) is 0 Å². The Kier molecular flexibility index (Phi) is 5.00. The average Bonchev–Trinajstić information content (AvgIpc) is 3.05. The van der Waals surface area contributed by atoms with Gasteiger partial charge in [-0.1, -0.05) is 15.9 Å². The van der Waals surface area contributed by atoms with Gasteiger partial charge in [0.2, 0.25) is 0 Å². The van der Waals surface area contributed by atoms with Crippen LogP contribution < -0.4 is 16.2 Å². The lowest BCUT2D eigenvalue weighted by molar-refractivity contribution is 0.0997. The van der Waals surface area contributed by atoms with Crippen molar-refractivity contribution in [3.05, 3.63) is 63.1 Å². The monoisotopic (exact) mass is 469 g/mol. The van der Waals surface area contributed by atoms with Gasteiger partial charge in [-0.3, -0.25) is 4.79 Å². The Balaban J connectivity index is 1.99. The van der Waals surface area contributed by atoms with Crippen LogP contribution >= 0.6 is 15.9 Å². The Hall–Kier alpha value is -3.66. The van der Waals surface area contributed by atoms with E-state index in [0.29, 0.717) is 22.5 Å². The number of benzene rings is 2. The molecule has 0 saturated carbocycles. The number of imidazole rings is 1. The third-order valence-corrected chi connectivity index (χ3v) is 4.87. The average molecular weight is 470 g/mol. The van der Waals surface area contributed by atoms with Gasteiger partial charge in [-0.25, -0.2) is 19.3 Å². The molecule has 0 spiro atoms. The maximum Gasteiger partial charge on any atom is 0.332 e. The molecule has 1 amide bonds. The van der Waals surface area contributed by atoms with Crippen molar-refractivity contribution in [2.75, 3.05) is 6.61 Å². The molecule has 152 valence electrons. The standard InChI is InChI=1S/C20H16BrN5O4/c1-2-30-12-6-4-11(5-7-12)26-19-16(24-20(26)29)15(17(22)28)23-18(25-19)13-9-10(21)3-8-14(13)27/h3-9,27H,2H2,1H3,(H2,22,28)(H,24,29). The Labute approximate surface area is 178 Å². The number of amides is 1. The van der Waals surface area contributed by atoms with E-state index >= 15 is 0 Å². The molecule has 2 heterocycles. The first-order valence-corrected chi connectivity index (χ1v) is 9.73. The molecule has 0 aliphatic heterocycles. The summed E-state index contributed by atoms with van der Waals surface area (Å²) in [6.45, 7) is 2.39. The molecule has 0 bridgehead atoms. The Morgan fingerprint density at radius 2 is 1.97 bits per heavy atom. The minimum atomic E-state index is -0.835. The van der Waals surface area contributed by atoms with Gasteiger partial charge in [-0.05, 0) is 49.4 Å². The summed E-state index contributed by atoms with van der Waals surface area (Å²) in [6.07, 6.45) is 0. The summed E-state index contributed by atoms with van der Waals surface area (Å²) in [4.78, 5) is 36.0. The van der Waals surface area contributed by atoms with E-state index in [4.69, 9.17) is 10.5 Å². The molecule has 0 atom stereocenters. The molecule has 0 saturated heterocycles. The fraction of sp³-hybridized carbons (Fsp3) is 0.100. The first-order chi connectivity index (χ1) is 14.4. The second kappa shape index (κ2) is 7.64. The van der Waals surface area contributed by atoms with E-state index in [-0.39, 0.29) is 34.0 Å². The van der Waals surface area contributed by atoms with Gasteiger partial charge in [0.1, 0.15) is 17.0 Å². The second-order valence-corrected chi connectivity index (χ2v) is 7.23. The minimum Gasteiger partial charge on any atom is -0.507 e.